The Hall–Kier alpha value is -4.68. The number of methoxy groups -OCH3 is 1. The summed E-state index contributed by atoms with van der Waals surface area (Å²) in [6.45, 7) is 3.37. The zero-order chi connectivity index (χ0) is 29.5. The molecular formula is C31H29N5O6S. The average Bonchev–Trinajstić information content (AvgIpc) is 3.82. The Morgan fingerprint density at radius 3 is 2.67 bits per heavy atom. The Kier molecular flexibility index (Phi) is 7.07. The third-order valence-corrected chi connectivity index (χ3v) is 8.45. The van der Waals surface area contributed by atoms with Gasteiger partial charge >= 0.3 is 5.84 Å². The fourth-order valence-electron chi connectivity index (χ4n) is 5.11. The fraction of sp³-hybridized carbons (Fsp3) is 0.290. The van der Waals surface area contributed by atoms with Crippen LogP contribution in [0.15, 0.2) is 62.9 Å². The highest BCUT2D eigenvalue weighted by Gasteiger charge is 2.22. The molecule has 43 heavy (non-hydrogen) atoms. The maximum absolute atomic E-state index is 12.8. The number of thiazole rings is 1. The molecule has 0 spiro atoms. The second-order valence-electron chi connectivity index (χ2n) is 10.4. The van der Waals surface area contributed by atoms with E-state index in [4.69, 9.17) is 23.3 Å². The summed E-state index contributed by atoms with van der Waals surface area (Å²) < 4.78 is 25.1. The number of carbonyl (C=O) groups excluding carboxylic acids is 1. The van der Waals surface area contributed by atoms with Gasteiger partial charge in [-0.1, -0.05) is 19.1 Å². The van der Waals surface area contributed by atoms with Gasteiger partial charge in [0.15, 0.2) is 5.76 Å². The van der Waals surface area contributed by atoms with Gasteiger partial charge in [0.25, 0.3) is 5.91 Å². The number of aromatic nitrogens is 4. The molecular weight excluding hydrogens is 570 g/mol. The maximum Gasteiger partial charge on any atom is 0.325 e. The van der Waals surface area contributed by atoms with Crippen molar-refractivity contribution in [1.82, 2.24) is 24.5 Å². The highest BCUT2D eigenvalue weighted by atomic mass is 32.1. The zero-order valence-electron chi connectivity index (χ0n) is 23.6. The van der Waals surface area contributed by atoms with Crippen molar-refractivity contribution < 1.29 is 28.2 Å². The van der Waals surface area contributed by atoms with Gasteiger partial charge in [0.05, 0.1) is 30.5 Å². The number of fused-ring (bicyclic) bond motifs is 2. The van der Waals surface area contributed by atoms with E-state index in [0.717, 1.165) is 21.7 Å². The molecule has 1 saturated heterocycles. The van der Waals surface area contributed by atoms with Crippen molar-refractivity contribution in [3.63, 3.8) is 0 Å². The van der Waals surface area contributed by atoms with Crippen LogP contribution in [0.5, 0.6) is 11.5 Å². The van der Waals surface area contributed by atoms with Crippen molar-refractivity contribution in [3.8, 4) is 33.5 Å². The van der Waals surface area contributed by atoms with E-state index < -0.39 is 0 Å². The van der Waals surface area contributed by atoms with Crippen LogP contribution >= 0.6 is 11.3 Å². The lowest BCUT2D eigenvalue weighted by Gasteiger charge is -2.29. The number of benzene rings is 2. The standard InChI is InChI=1S/C31H29N5O6S/c1-3-28-34-36-15-24(33-31(36)42-28)27-14-23-25(12-22(39-2)13-26(23)41-27)40-16-20-17-43-29(32-20)18-4-6-19(7-5-18)30(38)35-10-8-21(37)9-11-35/h4-7,12-15,17,21,37H,3,8-11,16H2,1-2H3. The number of likely N-dealkylation sites (tertiary alicyclic amines) is 1. The van der Waals surface area contributed by atoms with Gasteiger partial charge < -0.3 is 28.3 Å². The van der Waals surface area contributed by atoms with Gasteiger partial charge in [-0.05, 0) is 31.0 Å². The molecule has 0 aliphatic carbocycles. The quantitative estimate of drug-likeness (QED) is 0.238. The first-order valence-electron chi connectivity index (χ1n) is 14.1. The molecule has 6 aromatic rings. The van der Waals surface area contributed by atoms with E-state index >= 15 is 0 Å². The highest BCUT2D eigenvalue weighted by Crippen LogP contribution is 2.37. The molecule has 0 radical (unpaired) electrons. The molecule has 12 heteroatoms. The first-order valence-corrected chi connectivity index (χ1v) is 15.0. The molecule has 2 aromatic carbocycles. The van der Waals surface area contributed by atoms with E-state index in [2.05, 4.69) is 10.1 Å². The zero-order valence-corrected chi connectivity index (χ0v) is 24.5. The molecule has 5 heterocycles. The van der Waals surface area contributed by atoms with E-state index in [1.54, 1.807) is 22.7 Å². The van der Waals surface area contributed by atoms with Crippen LogP contribution < -0.4 is 9.47 Å². The van der Waals surface area contributed by atoms with Crippen LogP contribution in [-0.4, -0.2) is 61.8 Å². The number of imidazole rings is 1. The SMILES string of the molecule is CCc1nn2cc(-c3cc4c(OCc5csc(-c6ccc(C(=O)N7CCC(O)CC7)cc6)n5)cc(OC)cc4o3)nc2o1. The molecule has 7 rings (SSSR count). The van der Waals surface area contributed by atoms with Crippen LogP contribution in [-0.2, 0) is 13.0 Å². The lowest BCUT2D eigenvalue weighted by molar-refractivity contribution is 0.0546. The monoisotopic (exact) mass is 599 g/mol. The number of ether oxygens (including phenoxy) is 2. The lowest BCUT2D eigenvalue weighted by Crippen LogP contribution is -2.40. The number of aliphatic hydroxyl groups is 1. The predicted octanol–water partition coefficient (Wildman–Crippen LogP) is 5.61. The third kappa shape index (κ3) is 5.35. The van der Waals surface area contributed by atoms with Crippen LogP contribution in [0.1, 0.15) is 41.7 Å². The second-order valence-corrected chi connectivity index (χ2v) is 11.2. The summed E-state index contributed by atoms with van der Waals surface area (Å²) in [6.07, 6.45) is 3.38. The van der Waals surface area contributed by atoms with E-state index in [1.165, 1.54) is 11.3 Å². The van der Waals surface area contributed by atoms with Crippen LogP contribution in [0.3, 0.4) is 0 Å². The minimum absolute atomic E-state index is 0.0110. The minimum Gasteiger partial charge on any atom is -0.496 e. The lowest BCUT2D eigenvalue weighted by atomic mass is 10.1. The maximum atomic E-state index is 12.8. The summed E-state index contributed by atoms with van der Waals surface area (Å²) in [5, 5.41) is 17.7. The summed E-state index contributed by atoms with van der Waals surface area (Å²) in [5.41, 5.74) is 3.54. The largest absolute Gasteiger partial charge is 0.496 e. The molecule has 1 N–H and O–H groups in total. The fourth-order valence-corrected chi connectivity index (χ4v) is 5.92. The summed E-state index contributed by atoms with van der Waals surface area (Å²) in [6, 6.07) is 13.0. The summed E-state index contributed by atoms with van der Waals surface area (Å²) in [4.78, 5) is 23.9. The predicted molar refractivity (Wildman–Crippen MR) is 159 cm³/mol. The summed E-state index contributed by atoms with van der Waals surface area (Å²) >= 11 is 1.52. The first-order chi connectivity index (χ1) is 21.0. The number of aryl methyl sites for hydroxylation is 1. The normalized spacial score (nSPS) is 14.2. The molecule has 1 amide bonds. The Morgan fingerprint density at radius 1 is 1.12 bits per heavy atom. The van der Waals surface area contributed by atoms with Crippen molar-refractivity contribution in [3.05, 3.63) is 71.2 Å². The van der Waals surface area contributed by atoms with E-state index in [-0.39, 0.29) is 18.6 Å². The number of piperidine rings is 1. The van der Waals surface area contributed by atoms with Crippen LogP contribution in [0.2, 0.25) is 0 Å². The van der Waals surface area contributed by atoms with Crippen LogP contribution in [0, 0.1) is 0 Å². The minimum atomic E-state index is -0.315. The van der Waals surface area contributed by atoms with Crippen molar-refractivity contribution in [2.45, 2.75) is 38.9 Å². The van der Waals surface area contributed by atoms with Gasteiger partial charge in [0.1, 0.15) is 34.4 Å². The van der Waals surface area contributed by atoms with Gasteiger partial charge in [-0.25, -0.2) is 4.98 Å². The third-order valence-electron chi connectivity index (χ3n) is 7.51. The van der Waals surface area contributed by atoms with E-state index in [0.29, 0.717) is 78.2 Å². The number of hydrogen-bond acceptors (Lipinski definition) is 10. The second kappa shape index (κ2) is 11.2. The Morgan fingerprint density at radius 2 is 1.93 bits per heavy atom. The van der Waals surface area contributed by atoms with Crippen molar-refractivity contribution >= 4 is 34.1 Å². The molecule has 220 valence electrons. The number of rotatable bonds is 8. The number of furan rings is 1. The average molecular weight is 600 g/mol. The smallest absolute Gasteiger partial charge is 0.325 e. The topological polar surface area (TPSA) is 128 Å². The van der Waals surface area contributed by atoms with Crippen molar-refractivity contribution in [1.29, 1.82) is 0 Å². The molecule has 0 bridgehead atoms. The van der Waals surface area contributed by atoms with E-state index in [1.807, 2.05) is 54.8 Å². The Labute approximate surface area is 250 Å². The molecule has 0 saturated carbocycles. The van der Waals surface area contributed by atoms with Gasteiger partial charge in [0.2, 0.25) is 5.89 Å². The van der Waals surface area contributed by atoms with E-state index in [9.17, 15) is 9.90 Å². The molecule has 0 unspecified atom stereocenters. The summed E-state index contributed by atoms with van der Waals surface area (Å²) in [7, 11) is 1.60. The van der Waals surface area contributed by atoms with Crippen LogP contribution in [0.4, 0.5) is 0 Å². The number of hydrogen-bond donors (Lipinski definition) is 1. The first kappa shape index (κ1) is 27.2. The van der Waals surface area contributed by atoms with Gasteiger partial charge in [-0.3, -0.25) is 4.79 Å². The highest BCUT2D eigenvalue weighted by molar-refractivity contribution is 7.13. The summed E-state index contributed by atoms with van der Waals surface area (Å²) in [5.74, 6) is 2.77. The van der Waals surface area contributed by atoms with Crippen LogP contribution in [0.25, 0.3) is 38.8 Å². The van der Waals surface area contributed by atoms with Crippen molar-refractivity contribution in [2.75, 3.05) is 20.2 Å². The number of nitrogens with zero attached hydrogens (tertiary/aromatic N) is 5. The molecule has 1 fully saturated rings. The molecule has 1 aliphatic rings. The number of amides is 1. The molecule has 11 nitrogen and oxygen atoms in total. The van der Waals surface area contributed by atoms with Gasteiger partial charge in [-0.2, -0.15) is 9.50 Å². The van der Waals surface area contributed by atoms with Gasteiger partial charge in [0, 0.05) is 48.2 Å². The van der Waals surface area contributed by atoms with Crippen molar-refractivity contribution in [2.24, 2.45) is 0 Å². The molecule has 1 aliphatic heterocycles. The molecule has 0 atom stereocenters. The Balaban J connectivity index is 1.07. The Bertz CT molecular complexity index is 1880. The molecule has 4 aromatic heterocycles. The number of aliphatic hydroxyl groups excluding tert-OH is 1. The van der Waals surface area contributed by atoms with Gasteiger partial charge in [-0.15, -0.1) is 16.4 Å². The number of carbonyl (C=O) groups is 1.